The Hall–Kier alpha value is -2.40. The quantitative estimate of drug-likeness (QED) is 0.813. The van der Waals surface area contributed by atoms with Crippen LogP contribution in [0.5, 0.6) is 0 Å². The van der Waals surface area contributed by atoms with Crippen LogP contribution < -0.4 is 10.6 Å². The summed E-state index contributed by atoms with van der Waals surface area (Å²) in [5, 5.41) is 6.55. The molecule has 142 valence electrons. The van der Waals surface area contributed by atoms with Gasteiger partial charge in [0.25, 0.3) is 0 Å². The van der Waals surface area contributed by atoms with Crippen LogP contribution in [0.3, 0.4) is 0 Å². The first kappa shape index (κ1) is 19.4. The van der Waals surface area contributed by atoms with E-state index in [0.29, 0.717) is 17.3 Å². The standard InChI is InChI=1S/C21H24ClN3O2/c1-14-4-9-18(11-19(14)22)25-21(27)17-7-5-16(6-8-17)20(26)24-13-15-3-2-10-23-12-15/h2-4,9-12,16-17H,5-8,13H2,1H3,(H,24,26)(H,25,27). The number of aromatic nitrogens is 1. The molecule has 0 aliphatic heterocycles. The van der Waals surface area contributed by atoms with E-state index < -0.39 is 0 Å². The molecule has 1 heterocycles. The maximum atomic E-state index is 12.5. The number of anilines is 1. The highest BCUT2D eigenvalue weighted by atomic mass is 35.5. The highest BCUT2D eigenvalue weighted by molar-refractivity contribution is 6.31. The average molecular weight is 386 g/mol. The van der Waals surface area contributed by atoms with Crippen LogP contribution in [0.15, 0.2) is 42.7 Å². The van der Waals surface area contributed by atoms with Crippen molar-refractivity contribution in [3.63, 3.8) is 0 Å². The Morgan fingerprint density at radius 3 is 2.44 bits per heavy atom. The van der Waals surface area contributed by atoms with Gasteiger partial charge in [0.05, 0.1) is 0 Å². The van der Waals surface area contributed by atoms with Gasteiger partial charge in [-0.05, 0) is 61.9 Å². The first-order valence-corrected chi connectivity index (χ1v) is 9.64. The molecular weight excluding hydrogens is 362 g/mol. The number of nitrogens with zero attached hydrogens (tertiary/aromatic N) is 1. The maximum Gasteiger partial charge on any atom is 0.227 e. The molecule has 0 spiro atoms. The third kappa shape index (κ3) is 5.30. The molecule has 0 atom stereocenters. The lowest BCUT2D eigenvalue weighted by molar-refractivity contribution is -0.128. The number of hydrogen-bond donors (Lipinski definition) is 2. The van der Waals surface area contributed by atoms with Crippen molar-refractivity contribution in [2.45, 2.75) is 39.2 Å². The Balaban J connectivity index is 1.45. The molecule has 5 nitrogen and oxygen atoms in total. The molecular formula is C21H24ClN3O2. The summed E-state index contributed by atoms with van der Waals surface area (Å²) >= 11 is 6.11. The molecule has 27 heavy (non-hydrogen) atoms. The highest BCUT2D eigenvalue weighted by Gasteiger charge is 2.29. The summed E-state index contributed by atoms with van der Waals surface area (Å²) in [4.78, 5) is 28.9. The predicted molar refractivity (Wildman–Crippen MR) is 106 cm³/mol. The van der Waals surface area contributed by atoms with Crippen LogP contribution in [0.25, 0.3) is 0 Å². The predicted octanol–water partition coefficient (Wildman–Crippen LogP) is 4.10. The van der Waals surface area contributed by atoms with Crippen LogP contribution >= 0.6 is 11.6 Å². The van der Waals surface area contributed by atoms with Crippen molar-refractivity contribution < 1.29 is 9.59 Å². The number of rotatable bonds is 5. The van der Waals surface area contributed by atoms with Crippen LogP contribution in [0, 0.1) is 18.8 Å². The number of hydrogen-bond acceptors (Lipinski definition) is 3. The Morgan fingerprint density at radius 1 is 1.11 bits per heavy atom. The van der Waals surface area contributed by atoms with Crippen LogP contribution in [-0.2, 0) is 16.1 Å². The molecule has 3 rings (SSSR count). The molecule has 0 unspecified atom stereocenters. The maximum absolute atomic E-state index is 12.5. The van der Waals surface area contributed by atoms with E-state index in [-0.39, 0.29) is 23.7 Å². The van der Waals surface area contributed by atoms with E-state index in [2.05, 4.69) is 15.6 Å². The van der Waals surface area contributed by atoms with Crippen LogP contribution in [-0.4, -0.2) is 16.8 Å². The van der Waals surface area contributed by atoms with E-state index >= 15 is 0 Å². The second-order valence-electron chi connectivity index (χ2n) is 7.08. The minimum atomic E-state index is -0.0625. The number of halogens is 1. The van der Waals surface area contributed by atoms with Crippen LogP contribution in [0.1, 0.15) is 36.8 Å². The fourth-order valence-corrected chi connectivity index (χ4v) is 3.55. The van der Waals surface area contributed by atoms with Gasteiger partial charge in [0.15, 0.2) is 0 Å². The fraction of sp³-hybridized carbons (Fsp3) is 0.381. The third-order valence-electron chi connectivity index (χ3n) is 5.10. The SMILES string of the molecule is Cc1ccc(NC(=O)C2CCC(C(=O)NCc3cccnc3)CC2)cc1Cl. The minimum absolute atomic E-state index is 0.00383. The summed E-state index contributed by atoms with van der Waals surface area (Å²) in [6.45, 7) is 2.41. The van der Waals surface area contributed by atoms with Gasteiger partial charge in [0.2, 0.25) is 11.8 Å². The van der Waals surface area contributed by atoms with Crippen molar-refractivity contribution in [1.82, 2.24) is 10.3 Å². The molecule has 1 aromatic carbocycles. The van der Waals surface area contributed by atoms with E-state index in [1.165, 1.54) is 0 Å². The summed E-state index contributed by atoms with van der Waals surface area (Å²) in [6.07, 6.45) is 6.35. The lowest BCUT2D eigenvalue weighted by atomic mass is 9.81. The van der Waals surface area contributed by atoms with Crippen molar-refractivity contribution in [2.24, 2.45) is 11.8 Å². The van der Waals surface area contributed by atoms with Gasteiger partial charge in [-0.2, -0.15) is 0 Å². The zero-order valence-corrected chi connectivity index (χ0v) is 16.1. The zero-order valence-electron chi connectivity index (χ0n) is 15.4. The number of amides is 2. The lowest BCUT2D eigenvalue weighted by Crippen LogP contribution is -2.35. The Kier molecular flexibility index (Phi) is 6.45. The first-order chi connectivity index (χ1) is 13.0. The number of pyridine rings is 1. The highest BCUT2D eigenvalue weighted by Crippen LogP contribution is 2.30. The molecule has 6 heteroatoms. The fourth-order valence-electron chi connectivity index (χ4n) is 3.37. The van der Waals surface area contributed by atoms with Gasteiger partial charge >= 0.3 is 0 Å². The molecule has 0 saturated heterocycles. The zero-order chi connectivity index (χ0) is 19.2. The van der Waals surface area contributed by atoms with Crippen molar-refractivity contribution in [3.8, 4) is 0 Å². The number of benzene rings is 1. The lowest BCUT2D eigenvalue weighted by Gasteiger charge is -2.27. The molecule has 1 fully saturated rings. The number of carbonyl (C=O) groups excluding carboxylic acids is 2. The second kappa shape index (κ2) is 9.00. The normalized spacial score (nSPS) is 19.3. The molecule has 2 amide bonds. The molecule has 2 aromatic rings. The molecule has 1 saturated carbocycles. The van der Waals surface area contributed by atoms with E-state index in [9.17, 15) is 9.59 Å². The summed E-state index contributed by atoms with van der Waals surface area (Å²) in [5.41, 5.74) is 2.68. The summed E-state index contributed by atoms with van der Waals surface area (Å²) in [7, 11) is 0. The largest absolute Gasteiger partial charge is 0.352 e. The summed E-state index contributed by atoms with van der Waals surface area (Å²) in [5.74, 6) is -0.0286. The monoisotopic (exact) mass is 385 g/mol. The third-order valence-corrected chi connectivity index (χ3v) is 5.50. The summed E-state index contributed by atoms with van der Waals surface area (Å²) < 4.78 is 0. The molecule has 1 aliphatic carbocycles. The Labute approximate surface area is 164 Å². The molecule has 1 aliphatic rings. The Morgan fingerprint density at radius 2 is 1.81 bits per heavy atom. The molecule has 0 bridgehead atoms. The van der Waals surface area contributed by atoms with Crippen molar-refractivity contribution in [1.29, 1.82) is 0 Å². The second-order valence-corrected chi connectivity index (χ2v) is 7.49. The van der Waals surface area contributed by atoms with Crippen molar-refractivity contribution in [2.75, 3.05) is 5.32 Å². The number of aryl methyl sites for hydroxylation is 1. The van der Waals surface area contributed by atoms with Crippen molar-refractivity contribution in [3.05, 3.63) is 58.9 Å². The minimum Gasteiger partial charge on any atom is -0.352 e. The van der Waals surface area contributed by atoms with E-state index in [4.69, 9.17) is 11.6 Å². The topological polar surface area (TPSA) is 71.1 Å². The average Bonchev–Trinajstić information content (AvgIpc) is 2.70. The van der Waals surface area contributed by atoms with Gasteiger partial charge in [-0.1, -0.05) is 23.7 Å². The smallest absolute Gasteiger partial charge is 0.227 e. The van der Waals surface area contributed by atoms with Crippen molar-refractivity contribution >= 4 is 29.1 Å². The van der Waals surface area contributed by atoms with Gasteiger partial charge in [-0.15, -0.1) is 0 Å². The number of carbonyl (C=O) groups is 2. The van der Waals surface area contributed by atoms with Gasteiger partial charge in [-0.3, -0.25) is 14.6 Å². The summed E-state index contributed by atoms with van der Waals surface area (Å²) in [6, 6.07) is 9.31. The van der Waals surface area contributed by atoms with E-state index in [1.807, 2.05) is 31.2 Å². The first-order valence-electron chi connectivity index (χ1n) is 9.26. The molecule has 0 radical (unpaired) electrons. The van der Waals surface area contributed by atoms with E-state index in [1.54, 1.807) is 18.5 Å². The Bertz CT molecular complexity index is 802. The van der Waals surface area contributed by atoms with Crippen LogP contribution in [0.2, 0.25) is 5.02 Å². The van der Waals surface area contributed by atoms with Gasteiger partial charge in [0.1, 0.15) is 0 Å². The van der Waals surface area contributed by atoms with Crippen LogP contribution in [0.4, 0.5) is 5.69 Å². The van der Waals surface area contributed by atoms with Gasteiger partial charge in [0, 0.05) is 41.5 Å². The molecule has 1 aromatic heterocycles. The molecule has 2 N–H and O–H groups in total. The van der Waals surface area contributed by atoms with Gasteiger partial charge < -0.3 is 10.6 Å². The van der Waals surface area contributed by atoms with Gasteiger partial charge in [-0.25, -0.2) is 0 Å². The van der Waals surface area contributed by atoms with E-state index in [0.717, 1.165) is 36.8 Å². The number of nitrogens with one attached hydrogen (secondary N) is 2.